The van der Waals surface area contributed by atoms with E-state index in [1.807, 2.05) is 30.3 Å². The normalized spacial score (nSPS) is 17.5. The van der Waals surface area contributed by atoms with Crippen LogP contribution >= 0.6 is 11.3 Å². The number of fused-ring (bicyclic) bond motifs is 2. The van der Waals surface area contributed by atoms with Gasteiger partial charge in [-0.3, -0.25) is 9.69 Å². The molecule has 5 rings (SSSR count). The number of thiophene rings is 1. The SMILES string of the molecule is O=c1[nH]c2ccccc2cc1CN1CCc2[nH]cnc2C1c1cccs1. The lowest BCUT2D eigenvalue weighted by Gasteiger charge is -2.34. The maximum atomic E-state index is 12.6. The van der Waals surface area contributed by atoms with Crippen molar-refractivity contribution >= 4 is 22.2 Å². The molecule has 1 aromatic carbocycles. The number of imidazole rings is 1. The van der Waals surface area contributed by atoms with Crippen molar-refractivity contribution in [3.8, 4) is 0 Å². The van der Waals surface area contributed by atoms with Crippen LogP contribution in [0.15, 0.2) is 59.0 Å². The molecule has 5 nitrogen and oxygen atoms in total. The van der Waals surface area contributed by atoms with E-state index < -0.39 is 0 Å². The van der Waals surface area contributed by atoms with E-state index in [0.29, 0.717) is 6.54 Å². The summed E-state index contributed by atoms with van der Waals surface area (Å²) in [6.07, 6.45) is 2.69. The molecular formula is C20H18N4OS. The average molecular weight is 362 g/mol. The van der Waals surface area contributed by atoms with Gasteiger partial charge >= 0.3 is 0 Å². The first kappa shape index (κ1) is 15.5. The van der Waals surface area contributed by atoms with Crippen molar-refractivity contribution in [1.82, 2.24) is 19.9 Å². The summed E-state index contributed by atoms with van der Waals surface area (Å²) in [5.41, 5.74) is 3.94. The molecule has 2 N–H and O–H groups in total. The van der Waals surface area contributed by atoms with Gasteiger partial charge in [0.1, 0.15) is 0 Å². The monoisotopic (exact) mass is 362 g/mol. The fourth-order valence-electron chi connectivity index (χ4n) is 3.79. The Hall–Kier alpha value is -2.70. The molecule has 1 aliphatic heterocycles. The lowest BCUT2D eigenvalue weighted by Crippen LogP contribution is -2.36. The Morgan fingerprint density at radius 1 is 1.23 bits per heavy atom. The molecule has 6 heteroatoms. The molecule has 130 valence electrons. The van der Waals surface area contributed by atoms with Crippen molar-refractivity contribution in [2.75, 3.05) is 6.54 Å². The first-order chi connectivity index (χ1) is 12.8. The molecular weight excluding hydrogens is 344 g/mol. The Labute approximate surface area is 154 Å². The highest BCUT2D eigenvalue weighted by Gasteiger charge is 2.32. The lowest BCUT2D eigenvalue weighted by molar-refractivity contribution is 0.202. The summed E-state index contributed by atoms with van der Waals surface area (Å²) in [6, 6.07) is 14.2. The number of H-pyrrole nitrogens is 2. The van der Waals surface area contributed by atoms with Crippen LogP contribution in [0.3, 0.4) is 0 Å². The van der Waals surface area contributed by atoms with E-state index >= 15 is 0 Å². The molecule has 0 aliphatic carbocycles. The largest absolute Gasteiger partial charge is 0.348 e. The Morgan fingerprint density at radius 2 is 2.15 bits per heavy atom. The van der Waals surface area contributed by atoms with Gasteiger partial charge in [-0.25, -0.2) is 4.98 Å². The second kappa shape index (κ2) is 6.23. The second-order valence-electron chi connectivity index (χ2n) is 6.62. The van der Waals surface area contributed by atoms with Crippen LogP contribution in [0.5, 0.6) is 0 Å². The summed E-state index contributed by atoms with van der Waals surface area (Å²) in [7, 11) is 0. The lowest BCUT2D eigenvalue weighted by atomic mass is 10.0. The van der Waals surface area contributed by atoms with E-state index in [1.54, 1.807) is 17.7 Å². The van der Waals surface area contributed by atoms with Crippen LogP contribution in [0.25, 0.3) is 10.9 Å². The fraction of sp³-hybridized carbons (Fsp3) is 0.200. The third-order valence-corrected chi connectivity index (χ3v) is 5.97. The molecule has 0 saturated carbocycles. The maximum Gasteiger partial charge on any atom is 0.252 e. The zero-order valence-electron chi connectivity index (χ0n) is 14.1. The second-order valence-corrected chi connectivity index (χ2v) is 7.59. The number of pyridine rings is 1. The van der Waals surface area contributed by atoms with Gasteiger partial charge in [-0.1, -0.05) is 24.3 Å². The summed E-state index contributed by atoms with van der Waals surface area (Å²) < 4.78 is 0. The molecule has 3 aromatic heterocycles. The van der Waals surface area contributed by atoms with Crippen molar-refractivity contribution in [2.45, 2.75) is 19.0 Å². The minimum atomic E-state index is -0.0125. The van der Waals surface area contributed by atoms with E-state index in [2.05, 4.69) is 37.4 Å². The van der Waals surface area contributed by atoms with E-state index in [4.69, 9.17) is 0 Å². The van der Waals surface area contributed by atoms with Crippen LogP contribution in [-0.2, 0) is 13.0 Å². The summed E-state index contributed by atoms with van der Waals surface area (Å²) >= 11 is 1.74. The predicted molar refractivity (Wildman–Crippen MR) is 103 cm³/mol. The molecule has 26 heavy (non-hydrogen) atoms. The van der Waals surface area contributed by atoms with Gasteiger partial charge in [0, 0.05) is 41.2 Å². The molecule has 0 saturated heterocycles. The van der Waals surface area contributed by atoms with E-state index in [-0.39, 0.29) is 11.6 Å². The van der Waals surface area contributed by atoms with E-state index in [9.17, 15) is 4.79 Å². The number of aromatic amines is 2. The van der Waals surface area contributed by atoms with Gasteiger partial charge in [0.25, 0.3) is 5.56 Å². The van der Waals surface area contributed by atoms with Crippen molar-refractivity contribution < 1.29 is 0 Å². The van der Waals surface area contributed by atoms with Gasteiger partial charge in [-0.2, -0.15) is 0 Å². The summed E-state index contributed by atoms with van der Waals surface area (Å²) in [6.45, 7) is 1.50. The molecule has 0 fully saturated rings. The highest BCUT2D eigenvalue weighted by atomic mass is 32.1. The number of aromatic nitrogens is 3. The van der Waals surface area contributed by atoms with Crippen molar-refractivity contribution in [3.05, 3.63) is 86.4 Å². The third-order valence-electron chi connectivity index (χ3n) is 5.04. The molecule has 0 spiro atoms. The fourth-order valence-corrected chi connectivity index (χ4v) is 4.65. The summed E-state index contributed by atoms with van der Waals surface area (Å²) in [5.74, 6) is 0. The molecule has 4 aromatic rings. The maximum absolute atomic E-state index is 12.6. The first-order valence-electron chi connectivity index (χ1n) is 8.70. The minimum Gasteiger partial charge on any atom is -0.348 e. The molecule has 0 radical (unpaired) electrons. The molecule has 1 atom stereocenters. The quantitative estimate of drug-likeness (QED) is 0.587. The minimum absolute atomic E-state index is 0.0125. The van der Waals surface area contributed by atoms with Crippen molar-refractivity contribution in [2.24, 2.45) is 0 Å². The number of benzene rings is 1. The van der Waals surface area contributed by atoms with Gasteiger partial charge in [0.2, 0.25) is 0 Å². The Balaban J connectivity index is 1.55. The Bertz CT molecular complexity index is 1110. The number of rotatable bonds is 3. The van der Waals surface area contributed by atoms with E-state index in [0.717, 1.165) is 35.1 Å². The highest BCUT2D eigenvalue weighted by Crippen LogP contribution is 2.36. The number of hydrogen-bond donors (Lipinski definition) is 2. The zero-order chi connectivity index (χ0) is 17.5. The topological polar surface area (TPSA) is 64.8 Å². The number of hydrogen-bond acceptors (Lipinski definition) is 4. The molecule has 1 aliphatic rings. The molecule has 0 amide bonds. The smallest absolute Gasteiger partial charge is 0.252 e. The van der Waals surface area contributed by atoms with Crippen LogP contribution < -0.4 is 5.56 Å². The Kier molecular flexibility index (Phi) is 3.72. The van der Waals surface area contributed by atoms with Gasteiger partial charge in [0.05, 0.1) is 18.1 Å². The Morgan fingerprint density at radius 3 is 3.04 bits per heavy atom. The third kappa shape index (κ3) is 2.58. The number of para-hydroxylation sites is 1. The van der Waals surface area contributed by atoms with Crippen LogP contribution in [0.2, 0.25) is 0 Å². The number of nitrogens with one attached hydrogen (secondary N) is 2. The van der Waals surface area contributed by atoms with Crippen LogP contribution in [0.1, 0.15) is 27.9 Å². The van der Waals surface area contributed by atoms with E-state index in [1.165, 1.54) is 10.6 Å². The van der Waals surface area contributed by atoms with Crippen LogP contribution in [0, 0.1) is 0 Å². The summed E-state index contributed by atoms with van der Waals surface area (Å²) in [4.78, 5) is 27.1. The molecule has 0 bridgehead atoms. The number of nitrogens with zero attached hydrogens (tertiary/aromatic N) is 2. The highest BCUT2D eigenvalue weighted by molar-refractivity contribution is 7.10. The zero-order valence-corrected chi connectivity index (χ0v) is 14.9. The van der Waals surface area contributed by atoms with Crippen molar-refractivity contribution in [3.63, 3.8) is 0 Å². The van der Waals surface area contributed by atoms with Crippen LogP contribution in [-0.4, -0.2) is 26.4 Å². The van der Waals surface area contributed by atoms with Gasteiger partial charge < -0.3 is 9.97 Å². The molecule has 4 heterocycles. The van der Waals surface area contributed by atoms with Crippen LogP contribution in [0.4, 0.5) is 0 Å². The first-order valence-corrected chi connectivity index (χ1v) is 9.58. The van der Waals surface area contributed by atoms with Gasteiger partial charge in [-0.15, -0.1) is 11.3 Å². The summed E-state index contributed by atoms with van der Waals surface area (Å²) in [5, 5.41) is 3.16. The van der Waals surface area contributed by atoms with Gasteiger partial charge in [0.15, 0.2) is 0 Å². The van der Waals surface area contributed by atoms with Crippen molar-refractivity contribution in [1.29, 1.82) is 0 Å². The molecule has 1 unspecified atom stereocenters. The average Bonchev–Trinajstić information content (AvgIpc) is 3.33. The van der Waals surface area contributed by atoms with Gasteiger partial charge in [-0.05, 0) is 29.0 Å². The standard InChI is InChI=1S/C20H18N4OS/c25-20-14(10-13-4-1-2-5-15(13)23-20)11-24-8-7-16-18(22-12-21-16)19(24)17-6-3-9-26-17/h1-6,9-10,12,19H,7-8,11H2,(H,21,22)(H,23,25). The predicted octanol–water partition coefficient (Wildman–Crippen LogP) is 3.46.